The number of benzene rings is 2. The SMILES string of the molecule is CNC(=O)c1ccc(N2C(=S)N(c3ccc(C#N)c(C(F)(F)F)c3F)C(=O)C2(C)C)cc1F. The average molecular weight is 482 g/mol. The maximum absolute atomic E-state index is 15.0. The van der Waals surface area contributed by atoms with Crippen LogP contribution in [0.25, 0.3) is 0 Å². The average Bonchev–Trinajstić information content (AvgIpc) is 2.90. The van der Waals surface area contributed by atoms with E-state index in [2.05, 4.69) is 5.32 Å². The summed E-state index contributed by atoms with van der Waals surface area (Å²) >= 11 is 5.28. The summed E-state index contributed by atoms with van der Waals surface area (Å²) in [5, 5.41) is 10.8. The van der Waals surface area contributed by atoms with E-state index in [1.54, 1.807) is 0 Å². The maximum Gasteiger partial charge on any atom is 0.420 e. The number of halogens is 5. The third kappa shape index (κ3) is 3.78. The molecular weight excluding hydrogens is 467 g/mol. The van der Waals surface area contributed by atoms with Crippen LogP contribution in [0.5, 0.6) is 0 Å². The van der Waals surface area contributed by atoms with Gasteiger partial charge in [0.15, 0.2) is 10.9 Å². The molecule has 0 bridgehead atoms. The molecule has 1 heterocycles. The lowest BCUT2D eigenvalue weighted by atomic mass is 10.0. The van der Waals surface area contributed by atoms with E-state index in [4.69, 9.17) is 17.5 Å². The Morgan fingerprint density at radius 2 is 1.82 bits per heavy atom. The van der Waals surface area contributed by atoms with E-state index in [1.165, 1.54) is 33.0 Å². The Bertz CT molecular complexity index is 1240. The van der Waals surface area contributed by atoms with Crippen LogP contribution in [0.1, 0.15) is 35.3 Å². The fourth-order valence-corrected chi connectivity index (χ4v) is 4.03. The van der Waals surface area contributed by atoms with Gasteiger partial charge in [0.05, 0.1) is 22.9 Å². The summed E-state index contributed by atoms with van der Waals surface area (Å²) in [7, 11) is 1.31. The molecule has 2 aromatic carbocycles. The molecule has 0 unspecified atom stereocenters. The van der Waals surface area contributed by atoms with Gasteiger partial charge >= 0.3 is 6.18 Å². The summed E-state index contributed by atoms with van der Waals surface area (Å²) in [6, 6.07) is 6.26. The highest BCUT2D eigenvalue weighted by Crippen LogP contribution is 2.42. The third-order valence-electron chi connectivity index (χ3n) is 5.12. The van der Waals surface area contributed by atoms with Crippen LogP contribution in [0, 0.1) is 23.0 Å². The number of amides is 2. The standard InChI is InChI=1S/C21H15F5N4O2S/c1-20(2)18(32)29(14-7-4-10(9-27)15(16(14)23)21(24,25)26)19(33)30(20)11-5-6-12(13(22)8-11)17(31)28-3/h4-8H,1-3H3,(H,28,31). The lowest BCUT2D eigenvalue weighted by Crippen LogP contribution is -2.44. The molecule has 0 aromatic heterocycles. The van der Waals surface area contributed by atoms with Crippen LogP contribution >= 0.6 is 12.2 Å². The van der Waals surface area contributed by atoms with E-state index in [0.717, 1.165) is 29.2 Å². The Labute approximate surface area is 190 Å². The Hall–Kier alpha value is -3.59. The first-order chi connectivity index (χ1) is 15.3. The van der Waals surface area contributed by atoms with Crippen molar-refractivity contribution in [3.05, 3.63) is 58.7 Å². The maximum atomic E-state index is 15.0. The summed E-state index contributed by atoms with van der Waals surface area (Å²) in [5.74, 6) is -4.34. The molecule has 172 valence electrons. The molecule has 1 saturated heterocycles. The minimum atomic E-state index is -5.20. The van der Waals surface area contributed by atoms with Crippen molar-refractivity contribution >= 4 is 40.5 Å². The number of nitrogens with zero attached hydrogens (tertiary/aromatic N) is 3. The highest BCUT2D eigenvalue weighted by Gasteiger charge is 2.52. The van der Waals surface area contributed by atoms with Gasteiger partial charge in [0, 0.05) is 12.7 Å². The van der Waals surface area contributed by atoms with Crippen molar-refractivity contribution in [1.29, 1.82) is 5.26 Å². The molecule has 0 aliphatic carbocycles. The summed E-state index contributed by atoms with van der Waals surface area (Å²) in [4.78, 5) is 26.6. The molecule has 12 heteroatoms. The number of alkyl halides is 3. The van der Waals surface area contributed by atoms with Crippen LogP contribution in [-0.4, -0.2) is 29.5 Å². The van der Waals surface area contributed by atoms with Crippen molar-refractivity contribution in [2.75, 3.05) is 16.8 Å². The number of carbonyl (C=O) groups excluding carboxylic acids is 2. The van der Waals surface area contributed by atoms with Gasteiger partial charge in [-0.05, 0) is 56.4 Å². The van der Waals surface area contributed by atoms with Gasteiger partial charge in [0.25, 0.3) is 11.8 Å². The van der Waals surface area contributed by atoms with Crippen LogP contribution in [0.4, 0.5) is 33.3 Å². The molecular formula is C21H15F5N4O2S. The topological polar surface area (TPSA) is 76.4 Å². The molecule has 1 N–H and O–H groups in total. The largest absolute Gasteiger partial charge is 0.420 e. The molecule has 0 saturated carbocycles. The highest BCUT2D eigenvalue weighted by molar-refractivity contribution is 7.81. The van der Waals surface area contributed by atoms with E-state index >= 15 is 0 Å². The minimum Gasteiger partial charge on any atom is -0.355 e. The Kier molecular flexibility index (Phi) is 5.89. The fourth-order valence-electron chi connectivity index (χ4n) is 3.51. The van der Waals surface area contributed by atoms with Crippen molar-refractivity contribution in [3.63, 3.8) is 0 Å². The zero-order valence-electron chi connectivity index (χ0n) is 17.3. The van der Waals surface area contributed by atoms with Gasteiger partial charge in [0.1, 0.15) is 16.9 Å². The Balaban J connectivity index is 2.15. The summed E-state index contributed by atoms with van der Waals surface area (Å²) in [6.45, 7) is 2.75. The number of thiocarbonyl (C=S) groups is 1. The summed E-state index contributed by atoms with van der Waals surface area (Å²) in [5.41, 5.74) is -5.37. The van der Waals surface area contributed by atoms with Crippen molar-refractivity contribution in [2.24, 2.45) is 0 Å². The van der Waals surface area contributed by atoms with E-state index < -0.39 is 57.1 Å². The number of hydrogen-bond donors (Lipinski definition) is 1. The first-order valence-electron chi connectivity index (χ1n) is 9.27. The zero-order chi connectivity index (χ0) is 24.9. The first-order valence-corrected chi connectivity index (χ1v) is 9.68. The Morgan fingerprint density at radius 1 is 1.18 bits per heavy atom. The van der Waals surface area contributed by atoms with Gasteiger partial charge < -0.3 is 10.2 Å². The second-order valence-electron chi connectivity index (χ2n) is 7.49. The number of hydrogen-bond acceptors (Lipinski definition) is 4. The molecule has 1 aliphatic rings. The number of rotatable bonds is 3. The van der Waals surface area contributed by atoms with Crippen LogP contribution in [0.2, 0.25) is 0 Å². The van der Waals surface area contributed by atoms with E-state index in [9.17, 15) is 31.5 Å². The van der Waals surface area contributed by atoms with Crippen molar-refractivity contribution < 1.29 is 31.5 Å². The molecule has 0 spiro atoms. The number of nitrogens with one attached hydrogen (secondary N) is 1. The molecule has 1 fully saturated rings. The molecule has 0 atom stereocenters. The highest BCUT2D eigenvalue weighted by atomic mass is 32.1. The molecule has 33 heavy (non-hydrogen) atoms. The first kappa shape index (κ1) is 24.1. The van der Waals surface area contributed by atoms with Crippen LogP contribution in [0.3, 0.4) is 0 Å². The molecule has 3 rings (SSSR count). The molecule has 1 aliphatic heterocycles. The van der Waals surface area contributed by atoms with Gasteiger partial charge in [-0.2, -0.15) is 18.4 Å². The second-order valence-corrected chi connectivity index (χ2v) is 7.86. The summed E-state index contributed by atoms with van der Waals surface area (Å²) < 4.78 is 69.8. The van der Waals surface area contributed by atoms with Gasteiger partial charge in [-0.3, -0.25) is 14.5 Å². The molecule has 2 amide bonds. The molecule has 2 aromatic rings. The molecule has 6 nitrogen and oxygen atoms in total. The lowest BCUT2D eigenvalue weighted by molar-refractivity contribution is -0.140. The van der Waals surface area contributed by atoms with E-state index in [0.29, 0.717) is 4.90 Å². The predicted molar refractivity (Wildman–Crippen MR) is 113 cm³/mol. The van der Waals surface area contributed by atoms with Gasteiger partial charge in [0.2, 0.25) is 0 Å². The summed E-state index contributed by atoms with van der Waals surface area (Å²) in [6.07, 6.45) is -5.20. The second kappa shape index (κ2) is 8.08. The van der Waals surface area contributed by atoms with Crippen LogP contribution < -0.4 is 15.1 Å². The predicted octanol–water partition coefficient (Wildman–Crippen LogP) is 4.13. The normalized spacial score (nSPS) is 15.6. The minimum absolute atomic E-state index is 0.0242. The quantitative estimate of drug-likeness (QED) is 0.526. The van der Waals surface area contributed by atoms with Gasteiger partial charge in [-0.25, -0.2) is 8.78 Å². The van der Waals surface area contributed by atoms with Gasteiger partial charge in [-0.1, -0.05) is 0 Å². The van der Waals surface area contributed by atoms with Crippen molar-refractivity contribution in [2.45, 2.75) is 25.6 Å². The number of anilines is 2. The smallest absolute Gasteiger partial charge is 0.355 e. The van der Waals surface area contributed by atoms with Crippen LogP contribution in [0.15, 0.2) is 30.3 Å². The van der Waals surface area contributed by atoms with Crippen molar-refractivity contribution in [3.8, 4) is 6.07 Å². The number of carbonyl (C=O) groups is 2. The van der Waals surface area contributed by atoms with Crippen molar-refractivity contribution in [1.82, 2.24) is 5.32 Å². The zero-order valence-corrected chi connectivity index (χ0v) is 18.2. The van der Waals surface area contributed by atoms with E-state index in [-0.39, 0.29) is 11.3 Å². The van der Waals surface area contributed by atoms with Gasteiger partial charge in [-0.15, -0.1) is 0 Å². The van der Waals surface area contributed by atoms with Crippen LogP contribution in [-0.2, 0) is 11.0 Å². The van der Waals surface area contributed by atoms with E-state index in [1.807, 2.05) is 0 Å². The monoisotopic (exact) mass is 482 g/mol. The lowest BCUT2D eigenvalue weighted by Gasteiger charge is -2.29. The Morgan fingerprint density at radius 3 is 2.33 bits per heavy atom. The fraction of sp³-hybridized carbons (Fsp3) is 0.238. The number of nitriles is 1. The third-order valence-corrected chi connectivity index (χ3v) is 5.48. The molecule has 0 radical (unpaired) electrons.